The van der Waals surface area contributed by atoms with Crippen LogP contribution in [0.3, 0.4) is 0 Å². The SMILES string of the molecule is COc1ccc(CCNC(=O)NC(C)(C)CC(C)(C)C)cc1OC. The van der Waals surface area contributed by atoms with Crippen molar-refractivity contribution in [3.05, 3.63) is 23.8 Å². The van der Waals surface area contributed by atoms with Gasteiger partial charge >= 0.3 is 6.03 Å². The second kappa shape index (κ2) is 8.27. The van der Waals surface area contributed by atoms with Gasteiger partial charge in [-0.15, -0.1) is 0 Å². The lowest BCUT2D eigenvalue weighted by molar-refractivity contribution is 0.210. The molecule has 136 valence electrons. The summed E-state index contributed by atoms with van der Waals surface area (Å²) in [4.78, 5) is 12.1. The van der Waals surface area contributed by atoms with E-state index in [1.54, 1.807) is 14.2 Å². The van der Waals surface area contributed by atoms with Gasteiger partial charge in [-0.2, -0.15) is 0 Å². The topological polar surface area (TPSA) is 59.6 Å². The standard InChI is InChI=1S/C19H32N2O3/c1-18(2,3)13-19(4,5)21-17(22)20-11-10-14-8-9-15(23-6)16(12-14)24-7/h8-9,12H,10-11,13H2,1-7H3,(H2,20,21,22). The third-order valence-electron chi connectivity index (χ3n) is 3.57. The first-order valence-corrected chi connectivity index (χ1v) is 8.33. The molecule has 0 bridgehead atoms. The average Bonchev–Trinajstić information content (AvgIpc) is 2.43. The molecule has 0 heterocycles. The molecule has 5 nitrogen and oxygen atoms in total. The van der Waals surface area contributed by atoms with Crippen LogP contribution in [-0.4, -0.2) is 32.3 Å². The number of hydrogen-bond donors (Lipinski definition) is 2. The second-order valence-electron chi connectivity index (χ2n) is 7.94. The Morgan fingerprint density at radius 1 is 1.04 bits per heavy atom. The van der Waals surface area contributed by atoms with E-state index in [-0.39, 0.29) is 17.0 Å². The molecule has 0 fully saturated rings. The van der Waals surface area contributed by atoms with Crippen molar-refractivity contribution < 1.29 is 14.3 Å². The van der Waals surface area contributed by atoms with E-state index in [0.29, 0.717) is 18.0 Å². The molecule has 0 aliphatic carbocycles. The van der Waals surface area contributed by atoms with Gasteiger partial charge in [-0.05, 0) is 49.8 Å². The molecule has 5 heteroatoms. The van der Waals surface area contributed by atoms with Gasteiger partial charge in [0.25, 0.3) is 0 Å². The highest BCUT2D eigenvalue weighted by Gasteiger charge is 2.26. The van der Waals surface area contributed by atoms with Crippen molar-refractivity contribution in [2.45, 2.75) is 53.0 Å². The average molecular weight is 336 g/mol. The summed E-state index contributed by atoms with van der Waals surface area (Å²) >= 11 is 0. The number of benzene rings is 1. The van der Waals surface area contributed by atoms with E-state index in [0.717, 1.165) is 18.4 Å². The van der Waals surface area contributed by atoms with Crippen LogP contribution in [0.4, 0.5) is 4.79 Å². The Balaban J connectivity index is 2.48. The molecular weight excluding hydrogens is 304 g/mol. The molecule has 0 saturated heterocycles. The Labute approximate surface area is 146 Å². The Bertz CT molecular complexity index is 548. The van der Waals surface area contributed by atoms with E-state index >= 15 is 0 Å². The summed E-state index contributed by atoms with van der Waals surface area (Å²) in [6.45, 7) is 11.2. The zero-order chi connectivity index (χ0) is 18.4. The van der Waals surface area contributed by atoms with Crippen molar-refractivity contribution in [3.63, 3.8) is 0 Å². The van der Waals surface area contributed by atoms with Crippen molar-refractivity contribution in [2.75, 3.05) is 20.8 Å². The van der Waals surface area contributed by atoms with E-state index in [9.17, 15) is 4.79 Å². The summed E-state index contributed by atoms with van der Waals surface area (Å²) in [6, 6.07) is 5.65. The van der Waals surface area contributed by atoms with Crippen LogP contribution in [-0.2, 0) is 6.42 Å². The van der Waals surface area contributed by atoms with Gasteiger partial charge in [-0.25, -0.2) is 4.79 Å². The summed E-state index contributed by atoms with van der Waals surface area (Å²) in [6.07, 6.45) is 1.64. The van der Waals surface area contributed by atoms with Crippen LogP contribution in [0.5, 0.6) is 11.5 Å². The smallest absolute Gasteiger partial charge is 0.315 e. The first kappa shape index (κ1) is 20.1. The number of rotatable bonds is 7. The van der Waals surface area contributed by atoms with Gasteiger partial charge < -0.3 is 20.1 Å². The number of nitrogens with one attached hydrogen (secondary N) is 2. The molecular formula is C19H32N2O3. The molecule has 24 heavy (non-hydrogen) atoms. The fraction of sp³-hybridized carbons (Fsp3) is 0.632. The normalized spacial score (nSPS) is 11.8. The highest BCUT2D eigenvalue weighted by atomic mass is 16.5. The van der Waals surface area contributed by atoms with E-state index in [1.165, 1.54) is 0 Å². The summed E-state index contributed by atoms with van der Waals surface area (Å²) < 4.78 is 10.5. The van der Waals surface area contributed by atoms with Crippen LogP contribution in [0.2, 0.25) is 0 Å². The van der Waals surface area contributed by atoms with Crippen LogP contribution >= 0.6 is 0 Å². The molecule has 0 spiro atoms. The number of carbonyl (C=O) groups is 1. The lowest BCUT2D eigenvalue weighted by Crippen LogP contribution is -2.50. The predicted molar refractivity (Wildman–Crippen MR) is 97.9 cm³/mol. The summed E-state index contributed by atoms with van der Waals surface area (Å²) in [5.41, 5.74) is 1.00. The molecule has 2 N–H and O–H groups in total. The minimum atomic E-state index is -0.244. The summed E-state index contributed by atoms with van der Waals surface area (Å²) in [5, 5.41) is 5.96. The molecule has 0 saturated carbocycles. The maximum absolute atomic E-state index is 12.1. The van der Waals surface area contributed by atoms with Gasteiger partial charge in [0.1, 0.15) is 0 Å². The van der Waals surface area contributed by atoms with Crippen molar-refractivity contribution >= 4 is 6.03 Å². The molecule has 0 aliphatic heterocycles. The minimum Gasteiger partial charge on any atom is -0.493 e. The van der Waals surface area contributed by atoms with Crippen LogP contribution < -0.4 is 20.1 Å². The number of methoxy groups -OCH3 is 2. The number of carbonyl (C=O) groups excluding carboxylic acids is 1. The molecule has 1 rings (SSSR count). The first-order valence-electron chi connectivity index (χ1n) is 8.33. The van der Waals surface area contributed by atoms with Gasteiger partial charge in [-0.3, -0.25) is 0 Å². The first-order chi connectivity index (χ1) is 11.1. The third-order valence-corrected chi connectivity index (χ3v) is 3.57. The maximum atomic E-state index is 12.1. The van der Waals surface area contributed by atoms with Gasteiger partial charge in [0, 0.05) is 12.1 Å². The number of urea groups is 1. The summed E-state index contributed by atoms with van der Waals surface area (Å²) in [7, 11) is 3.23. The third kappa shape index (κ3) is 7.11. The van der Waals surface area contributed by atoms with Crippen molar-refractivity contribution in [3.8, 4) is 11.5 Å². The Kier molecular flexibility index (Phi) is 6.93. The highest BCUT2D eigenvalue weighted by molar-refractivity contribution is 5.74. The molecule has 1 aromatic carbocycles. The molecule has 0 radical (unpaired) electrons. The fourth-order valence-electron chi connectivity index (χ4n) is 3.08. The summed E-state index contributed by atoms with van der Waals surface area (Å²) in [5.74, 6) is 1.40. The van der Waals surface area contributed by atoms with Crippen LogP contribution in [0.15, 0.2) is 18.2 Å². The lowest BCUT2D eigenvalue weighted by atomic mass is 9.82. The monoisotopic (exact) mass is 336 g/mol. The Morgan fingerprint density at radius 2 is 1.67 bits per heavy atom. The zero-order valence-electron chi connectivity index (χ0n) is 16.1. The second-order valence-corrected chi connectivity index (χ2v) is 7.94. The largest absolute Gasteiger partial charge is 0.493 e. The van der Waals surface area contributed by atoms with Crippen molar-refractivity contribution in [2.24, 2.45) is 5.41 Å². The maximum Gasteiger partial charge on any atom is 0.315 e. The minimum absolute atomic E-state index is 0.135. The zero-order valence-corrected chi connectivity index (χ0v) is 16.1. The van der Waals surface area contributed by atoms with E-state index in [2.05, 4.69) is 31.4 Å². The van der Waals surface area contributed by atoms with E-state index in [1.807, 2.05) is 32.0 Å². The number of ether oxygens (including phenoxy) is 2. The number of amides is 2. The van der Waals surface area contributed by atoms with Gasteiger partial charge in [-0.1, -0.05) is 26.8 Å². The molecule has 0 aliphatic rings. The molecule has 0 unspecified atom stereocenters. The Hall–Kier alpha value is -1.91. The highest BCUT2D eigenvalue weighted by Crippen LogP contribution is 2.28. The lowest BCUT2D eigenvalue weighted by Gasteiger charge is -2.33. The van der Waals surface area contributed by atoms with E-state index < -0.39 is 0 Å². The fourth-order valence-corrected chi connectivity index (χ4v) is 3.08. The molecule has 2 amide bonds. The molecule has 0 aromatic heterocycles. The van der Waals surface area contributed by atoms with Gasteiger partial charge in [0.15, 0.2) is 11.5 Å². The number of hydrogen-bond acceptors (Lipinski definition) is 3. The molecule has 1 aromatic rings. The quantitative estimate of drug-likeness (QED) is 0.797. The van der Waals surface area contributed by atoms with Gasteiger partial charge in [0.2, 0.25) is 0 Å². The molecule has 0 atom stereocenters. The Morgan fingerprint density at radius 3 is 2.21 bits per heavy atom. The van der Waals surface area contributed by atoms with E-state index in [4.69, 9.17) is 9.47 Å². The predicted octanol–water partition coefficient (Wildman–Crippen LogP) is 3.76. The van der Waals surface area contributed by atoms with Crippen LogP contribution in [0, 0.1) is 5.41 Å². The van der Waals surface area contributed by atoms with Crippen LogP contribution in [0.1, 0.15) is 46.6 Å². The van der Waals surface area contributed by atoms with Gasteiger partial charge in [0.05, 0.1) is 14.2 Å². The van der Waals surface area contributed by atoms with Crippen molar-refractivity contribution in [1.29, 1.82) is 0 Å². The van der Waals surface area contributed by atoms with Crippen molar-refractivity contribution in [1.82, 2.24) is 10.6 Å². The van der Waals surface area contributed by atoms with Crippen LogP contribution in [0.25, 0.3) is 0 Å².